The highest BCUT2D eigenvalue weighted by Crippen LogP contribution is 2.24. The zero-order valence-corrected chi connectivity index (χ0v) is 16.1. The van der Waals surface area contributed by atoms with Crippen LogP contribution in [0, 0.1) is 0 Å². The molecule has 1 aliphatic heterocycles. The Hall–Kier alpha value is -3.44. The minimum Gasteiger partial charge on any atom is -0.320 e. The fraction of sp³-hybridized carbons (Fsp3) is 0.167. The van der Waals surface area contributed by atoms with Gasteiger partial charge in [-0.25, -0.2) is 0 Å². The number of anilines is 1. The molecule has 1 N–H and O–H groups in total. The van der Waals surface area contributed by atoms with Gasteiger partial charge in [0.2, 0.25) is 0 Å². The average molecular weight is 382 g/mol. The first kappa shape index (κ1) is 17.6. The van der Waals surface area contributed by atoms with E-state index in [2.05, 4.69) is 39.6 Å². The first-order valence-electron chi connectivity index (χ1n) is 9.88. The predicted octanol–water partition coefficient (Wildman–Crippen LogP) is 4.30. The van der Waals surface area contributed by atoms with Gasteiger partial charge in [-0.15, -0.1) is 0 Å². The van der Waals surface area contributed by atoms with E-state index in [1.807, 2.05) is 59.3 Å². The van der Waals surface area contributed by atoms with Crippen molar-refractivity contribution in [1.82, 2.24) is 14.7 Å². The third kappa shape index (κ3) is 3.65. The van der Waals surface area contributed by atoms with E-state index in [9.17, 15) is 4.79 Å². The third-order valence-corrected chi connectivity index (χ3v) is 5.40. The molecule has 0 atom stereocenters. The Kier molecular flexibility index (Phi) is 4.58. The summed E-state index contributed by atoms with van der Waals surface area (Å²) in [4.78, 5) is 15.2. The van der Waals surface area contributed by atoms with Crippen LogP contribution in [0.5, 0.6) is 0 Å². The van der Waals surface area contributed by atoms with Gasteiger partial charge in [-0.2, -0.15) is 5.10 Å². The highest BCUT2D eigenvalue weighted by molar-refractivity contribution is 6.08. The number of nitrogens with one attached hydrogen (secondary N) is 1. The Morgan fingerprint density at radius 1 is 0.966 bits per heavy atom. The number of amides is 1. The first-order valence-corrected chi connectivity index (χ1v) is 9.88. The van der Waals surface area contributed by atoms with Gasteiger partial charge >= 0.3 is 0 Å². The zero-order valence-electron chi connectivity index (χ0n) is 16.1. The third-order valence-electron chi connectivity index (χ3n) is 5.40. The summed E-state index contributed by atoms with van der Waals surface area (Å²) in [7, 11) is 0. The summed E-state index contributed by atoms with van der Waals surface area (Å²) in [5.74, 6) is -0.169. The molecule has 1 aliphatic rings. The molecule has 4 aromatic rings. The number of fused-ring (bicyclic) bond motifs is 2. The van der Waals surface area contributed by atoms with Gasteiger partial charge in [-0.05, 0) is 23.1 Å². The van der Waals surface area contributed by atoms with Crippen LogP contribution in [-0.4, -0.2) is 27.1 Å². The van der Waals surface area contributed by atoms with Crippen LogP contribution in [-0.2, 0) is 19.6 Å². The van der Waals surface area contributed by atoms with Gasteiger partial charge in [0, 0.05) is 36.3 Å². The van der Waals surface area contributed by atoms with Crippen molar-refractivity contribution < 1.29 is 4.79 Å². The van der Waals surface area contributed by atoms with E-state index in [1.54, 1.807) is 0 Å². The van der Waals surface area contributed by atoms with Crippen LogP contribution in [0.3, 0.4) is 0 Å². The summed E-state index contributed by atoms with van der Waals surface area (Å²) >= 11 is 0. The summed E-state index contributed by atoms with van der Waals surface area (Å²) in [6.07, 6.45) is 0.890. The summed E-state index contributed by atoms with van der Waals surface area (Å²) in [5, 5.41) is 9.75. The van der Waals surface area contributed by atoms with Gasteiger partial charge < -0.3 is 5.32 Å². The largest absolute Gasteiger partial charge is 0.320 e. The molecule has 0 unspecified atom stereocenters. The summed E-state index contributed by atoms with van der Waals surface area (Å²) in [6.45, 7) is 2.55. The monoisotopic (exact) mass is 382 g/mol. The standard InChI is InChI=1S/C24H22N4O/c29-24(25-22-12-6-10-19-9-4-5-11-21(19)22)23-15-20-13-14-27(17-28(20)26-23)16-18-7-2-1-3-8-18/h1-12,15H,13-14,16-17H2,(H,25,29). The molecule has 0 fully saturated rings. The molecule has 0 spiro atoms. The molecule has 0 radical (unpaired) electrons. The number of carbonyl (C=O) groups is 1. The second-order valence-corrected chi connectivity index (χ2v) is 7.43. The van der Waals surface area contributed by atoms with Crippen molar-refractivity contribution in [2.24, 2.45) is 0 Å². The smallest absolute Gasteiger partial charge is 0.276 e. The molecule has 0 saturated heterocycles. The predicted molar refractivity (Wildman–Crippen MR) is 115 cm³/mol. The lowest BCUT2D eigenvalue weighted by Gasteiger charge is -2.27. The van der Waals surface area contributed by atoms with E-state index in [-0.39, 0.29) is 5.91 Å². The van der Waals surface area contributed by atoms with E-state index in [0.29, 0.717) is 12.4 Å². The van der Waals surface area contributed by atoms with Crippen LogP contribution in [0.2, 0.25) is 0 Å². The lowest BCUT2D eigenvalue weighted by Crippen LogP contribution is -2.34. The van der Waals surface area contributed by atoms with Gasteiger partial charge in [0.05, 0.1) is 6.67 Å². The van der Waals surface area contributed by atoms with Crippen molar-refractivity contribution in [1.29, 1.82) is 0 Å². The van der Waals surface area contributed by atoms with E-state index in [1.165, 1.54) is 5.56 Å². The fourth-order valence-corrected chi connectivity index (χ4v) is 3.91. The number of hydrogen-bond donors (Lipinski definition) is 1. The van der Waals surface area contributed by atoms with Crippen molar-refractivity contribution in [3.63, 3.8) is 0 Å². The molecule has 1 amide bonds. The SMILES string of the molecule is O=C(Nc1cccc2ccccc12)c1cc2n(n1)CN(Cc1ccccc1)CC2. The maximum absolute atomic E-state index is 12.8. The molecular formula is C24H22N4O. The van der Waals surface area contributed by atoms with E-state index in [0.717, 1.165) is 41.7 Å². The fourth-order valence-electron chi connectivity index (χ4n) is 3.91. The Morgan fingerprint density at radius 3 is 2.66 bits per heavy atom. The minimum atomic E-state index is -0.169. The normalized spacial score (nSPS) is 13.9. The molecule has 29 heavy (non-hydrogen) atoms. The summed E-state index contributed by atoms with van der Waals surface area (Å²) < 4.78 is 1.95. The zero-order chi connectivity index (χ0) is 19.6. The molecule has 3 aromatic carbocycles. The second kappa shape index (κ2) is 7.53. The van der Waals surface area contributed by atoms with Gasteiger partial charge in [0.1, 0.15) is 0 Å². The molecule has 0 saturated carbocycles. The number of carbonyl (C=O) groups excluding carboxylic acids is 1. The maximum atomic E-state index is 12.8. The maximum Gasteiger partial charge on any atom is 0.276 e. The number of rotatable bonds is 4. The topological polar surface area (TPSA) is 50.2 Å². The van der Waals surface area contributed by atoms with Crippen molar-refractivity contribution in [3.05, 3.63) is 95.8 Å². The van der Waals surface area contributed by atoms with Crippen molar-refractivity contribution >= 4 is 22.4 Å². The highest BCUT2D eigenvalue weighted by Gasteiger charge is 2.21. The first-order chi connectivity index (χ1) is 14.3. The van der Waals surface area contributed by atoms with Crippen molar-refractivity contribution in [3.8, 4) is 0 Å². The van der Waals surface area contributed by atoms with Crippen LogP contribution >= 0.6 is 0 Å². The Labute approximate surface area is 169 Å². The van der Waals surface area contributed by atoms with Crippen LogP contribution in [0.25, 0.3) is 10.8 Å². The molecule has 1 aromatic heterocycles. The van der Waals surface area contributed by atoms with Crippen molar-refractivity contribution in [2.45, 2.75) is 19.6 Å². The van der Waals surface area contributed by atoms with Crippen LogP contribution in [0.15, 0.2) is 78.9 Å². The molecule has 5 heteroatoms. The highest BCUT2D eigenvalue weighted by atomic mass is 16.2. The second-order valence-electron chi connectivity index (χ2n) is 7.43. The summed E-state index contributed by atoms with van der Waals surface area (Å²) in [5.41, 5.74) is 3.67. The van der Waals surface area contributed by atoms with E-state index < -0.39 is 0 Å². The van der Waals surface area contributed by atoms with Crippen molar-refractivity contribution in [2.75, 3.05) is 11.9 Å². The molecular weight excluding hydrogens is 360 g/mol. The lowest BCUT2D eigenvalue weighted by molar-refractivity contribution is 0.102. The molecule has 0 bridgehead atoms. The van der Waals surface area contributed by atoms with Crippen LogP contribution in [0.1, 0.15) is 21.7 Å². The Bertz CT molecular complexity index is 1160. The molecule has 2 heterocycles. The minimum absolute atomic E-state index is 0.169. The molecule has 5 rings (SSSR count). The number of nitrogens with zero attached hydrogens (tertiary/aromatic N) is 3. The van der Waals surface area contributed by atoms with Crippen LogP contribution < -0.4 is 5.32 Å². The molecule has 5 nitrogen and oxygen atoms in total. The molecule has 0 aliphatic carbocycles. The van der Waals surface area contributed by atoms with Gasteiger partial charge in [-0.1, -0.05) is 66.7 Å². The lowest BCUT2D eigenvalue weighted by atomic mass is 10.1. The number of aromatic nitrogens is 2. The average Bonchev–Trinajstić information content (AvgIpc) is 3.18. The number of benzene rings is 3. The van der Waals surface area contributed by atoms with Crippen LogP contribution in [0.4, 0.5) is 5.69 Å². The molecule has 144 valence electrons. The van der Waals surface area contributed by atoms with E-state index >= 15 is 0 Å². The Morgan fingerprint density at radius 2 is 1.76 bits per heavy atom. The van der Waals surface area contributed by atoms with Gasteiger partial charge in [0.25, 0.3) is 5.91 Å². The number of hydrogen-bond acceptors (Lipinski definition) is 3. The van der Waals surface area contributed by atoms with E-state index in [4.69, 9.17) is 0 Å². The van der Waals surface area contributed by atoms with Gasteiger partial charge in [-0.3, -0.25) is 14.4 Å². The quantitative estimate of drug-likeness (QED) is 0.572. The Balaban J connectivity index is 1.32. The summed E-state index contributed by atoms with van der Waals surface area (Å²) in [6, 6.07) is 26.3. The van der Waals surface area contributed by atoms with Gasteiger partial charge in [0.15, 0.2) is 5.69 Å².